The standard InChI is InChI=1S/C23H36N2O2/c1-15(2)19-11-10-16(3)14-20(19)22(26)13-12-21(25-23(27)17(4)24)18-8-6-5-7-9-18/h5-9,15-17,19-21H,10-14,24H2,1-4H3,(H,25,27)/t16-,17+,19+,20-,21?/m1/s1. The molecule has 2 rings (SSSR count). The molecular weight excluding hydrogens is 336 g/mol. The summed E-state index contributed by atoms with van der Waals surface area (Å²) in [5.74, 6) is 1.99. The largest absolute Gasteiger partial charge is 0.348 e. The van der Waals surface area contributed by atoms with E-state index in [0.717, 1.165) is 18.4 Å². The highest BCUT2D eigenvalue weighted by atomic mass is 16.2. The van der Waals surface area contributed by atoms with Crippen LogP contribution >= 0.6 is 0 Å². The molecule has 0 radical (unpaired) electrons. The van der Waals surface area contributed by atoms with Crippen LogP contribution in [0, 0.1) is 23.7 Å². The third-order valence-electron chi connectivity index (χ3n) is 6.05. The number of rotatable bonds is 8. The molecule has 27 heavy (non-hydrogen) atoms. The van der Waals surface area contributed by atoms with E-state index in [1.165, 1.54) is 6.42 Å². The summed E-state index contributed by atoms with van der Waals surface area (Å²) in [7, 11) is 0. The first-order valence-corrected chi connectivity index (χ1v) is 10.4. The molecule has 3 N–H and O–H groups in total. The molecule has 1 fully saturated rings. The van der Waals surface area contributed by atoms with E-state index in [-0.39, 0.29) is 17.9 Å². The number of nitrogens with two attached hydrogens (primary N) is 1. The third-order valence-corrected chi connectivity index (χ3v) is 6.05. The molecule has 0 aliphatic heterocycles. The first-order valence-electron chi connectivity index (χ1n) is 10.4. The molecule has 0 spiro atoms. The number of amides is 1. The molecule has 150 valence electrons. The molecule has 1 amide bonds. The van der Waals surface area contributed by atoms with Crippen LogP contribution in [0.15, 0.2) is 30.3 Å². The summed E-state index contributed by atoms with van der Waals surface area (Å²) in [6.07, 6.45) is 4.50. The summed E-state index contributed by atoms with van der Waals surface area (Å²) in [6.45, 7) is 8.40. The van der Waals surface area contributed by atoms with Crippen LogP contribution in [0.3, 0.4) is 0 Å². The number of carbonyl (C=O) groups is 2. The van der Waals surface area contributed by atoms with Crippen molar-refractivity contribution in [1.29, 1.82) is 0 Å². The average molecular weight is 373 g/mol. The lowest BCUT2D eigenvalue weighted by Gasteiger charge is -2.36. The molecule has 0 heterocycles. The fourth-order valence-corrected chi connectivity index (χ4v) is 4.36. The van der Waals surface area contributed by atoms with Crippen LogP contribution in [-0.2, 0) is 9.59 Å². The number of hydrogen-bond donors (Lipinski definition) is 2. The van der Waals surface area contributed by atoms with Crippen molar-refractivity contribution in [2.24, 2.45) is 29.4 Å². The molecule has 0 aromatic heterocycles. The second-order valence-corrected chi connectivity index (χ2v) is 8.70. The minimum absolute atomic E-state index is 0.161. The topological polar surface area (TPSA) is 72.2 Å². The van der Waals surface area contributed by atoms with Crippen molar-refractivity contribution in [2.45, 2.75) is 71.9 Å². The maximum Gasteiger partial charge on any atom is 0.237 e. The van der Waals surface area contributed by atoms with Crippen LogP contribution in [0.5, 0.6) is 0 Å². The predicted octanol–water partition coefficient (Wildman–Crippen LogP) is 4.25. The Bertz CT molecular complexity index is 612. The Morgan fingerprint density at radius 2 is 1.81 bits per heavy atom. The minimum atomic E-state index is -0.559. The summed E-state index contributed by atoms with van der Waals surface area (Å²) >= 11 is 0. The molecule has 4 heteroatoms. The Labute approximate surface area is 164 Å². The molecular formula is C23H36N2O2. The Morgan fingerprint density at radius 3 is 2.41 bits per heavy atom. The highest BCUT2D eigenvalue weighted by Gasteiger charge is 2.35. The second kappa shape index (κ2) is 10.0. The number of benzene rings is 1. The normalized spacial score (nSPS) is 25.0. The third kappa shape index (κ3) is 6.17. The fourth-order valence-electron chi connectivity index (χ4n) is 4.36. The van der Waals surface area contributed by atoms with E-state index >= 15 is 0 Å². The highest BCUT2D eigenvalue weighted by molar-refractivity contribution is 5.82. The van der Waals surface area contributed by atoms with Crippen molar-refractivity contribution in [3.8, 4) is 0 Å². The van der Waals surface area contributed by atoms with Gasteiger partial charge in [-0.05, 0) is 49.5 Å². The molecule has 1 aliphatic carbocycles. The van der Waals surface area contributed by atoms with E-state index in [9.17, 15) is 9.59 Å². The van der Waals surface area contributed by atoms with Crippen molar-refractivity contribution in [3.63, 3.8) is 0 Å². The smallest absolute Gasteiger partial charge is 0.237 e. The van der Waals surface area contributed by atoms with Gasteiger partial charge in [-0.1, -0.05) is 57.5 Å². The molecule has 0 bridgehead atoms. The predicted molar refractivity (Wildman–Crippen MR) is 110 cm³/mol. The van der Waals surface area contributed by atoms with E-state index in [1.54, 1.807) is 6.92 Å². The fraction of sp³-hybridized carbons (Fsp3) is 0.652. The van der Waals surface area contributed by atoms with Crippen LogP contribution in [0.1, 0.15) is 71.4 Å². The lowest BCUT2D eigenvalue weighted by Crippen LogP contribution is -2.40. The number of hydrogen-bond acceptors (Lipinski definition) is 3. The van der Waals surface area contributed by atoms with Gasteiger partial charge in [0.25, 0.3) is 0 Å². The van der Waals surface area contributed by atoms with E-state index in [1.807, 2.05) is 30.3 Å². The number of nitrogens with one attached hydrogen (secondary N) is 1. The number of Topliss-reactive ketones (excluding diaryl/α,β-unsaturated/α-hetero) is 1. The van der Waals surface area contributed by atoms with Crippen molar-refractivity contribution in [3.05, 3.63) is 35.9 Å². The van der Waals surface area contributed by atoms with Gasteiger partial charge in [-0.25, -0.2) is 0 Å². The van der Waals surface area contributed by atoms with E-state index in [0.29, 0.717) is 36.4 Å². The van der Waals surface area contributed by atoms with Crippen LogP contribution < -0.4 is 11.1 Å². The lowest BCUT2D eigenvalue weighted by atomic mass is 9.68. The van der Waals surface area contributed by atoms with Crippen molar-refractivity contribution in [2.75, 3.05) is 0 Å². The monoisotopic (exact) mass is 372 g/mol. The second-order valence-electron chi connectivity index (χ2n) is 8.70. The van der Waals surface area contributed by atoms with E-state index < -0.39 is 6.04 Å². The minimum Gasteiger partial charge on any atom is -0.348 e. The highest BCUT2D eigenvalue weighted by Crippen LogP contribution is 2.39. The van der Waals surface area contributed by atoms with Gasteiger partial charge in [0.15, 0.2) is 0 Å². The molecule has 1 aromatic rings. The Hall–Kier alpha value is -1.68. The number of ketones is 1. The first kappa shape index (κ1) is 21.6. The summed E-state index contributed by atoms with van der Waals surface area (Å²) < 4.78 is 0. The van der Waals surface area contributed by atoms with Gasteiger partial charge >= 0.3 is 0 Å². The molecule has 1 aromatic carbocycles. The van der Waals surface area contributed by atoms with Gasteiger partial charge < -0.3 is 11.1 Å². The molecule has 1 unspecified atom stereocenters. The summed E-state index contributed by atoms with van der Waals surface area (Å²) in [5.41, 5.74) is 6.75. The van der Waals surface area contributed by atoms with E-state index in [4.69, 9.17) is 5.73 Å². The average Bonchev–Trinajstić information content (AvgIpc) is 2.64. The van der Waals surface area contributed by atoms with Crippen molar-refractivity contribution in [1.82, 2.24) is 5.32 Å². The summed E-state index contributed by atoms with van der Waals surface area (Å²) in [5, 5.41) is 3.02. The molecule has 0 saturated heterocycles. The SMILES string of the molecule is CC(C)[C@@H]1CC[C@@H](C)C[C@H]1C(=O)CCC(NC(=O)[C@H](C)N)c1ccccc1. The van der Waals surface area contributed by atoms with Gasteiger partial charge in [-0.2, -0.15) is 0 Å². The zero-order chi connectivity index (χ0) is 20.0. The molecule has 1 saturated carbocycles. The van der Waals surface area contributed by atoms with Crippen LogP contribution in [0.2, 0.25) is 0 Å². The van der Waals surface area contributed by atoms with Gasteiger partial charge in [0.2, 0.25) is 5.91 Å². The Morgan fingerprint density at radius 1 is 1.15 bits per heavy atom. The Balaban J connectivity index is 2.06. The summed E-state index contributed by atoms with van der Waals surface area (Å²) in [4.78, 5) is 25.2. The first-order chi connectivity index (χ1) is 12.8. The zero-order valence-corrected chi connectivity index (χ0v) is 17.3. The molecule has 5 atom stereocenters. The van der Waals surface area contributed by atoms with Gasteiger partial charge in [0.1, 0.15) is 5.78 Å². The lowest BCUT2D eigenvalue weighted by molar-refractivity contribution is -0.128. The van der Waals surface area contributed by atoms with Crippen molar-refractivity contribution >= 4 is 11.7 Å². The maximum absolute atomic E-state index is 13.1. The summed E-state index contributed by atoms with van der Waals surface area (Å²) in [6, 6.07) is 9.13. The van der Waals surface area contributed by atoms with E-state index in [2.05, 4.69) is 26.1 Å². The quantitative estimate of drug-likeness (QED) is 0.716. The van der Waals surface area contributed by atoms with Gasteiger partial charge in [0, 0.05) is 12.3 Å². The van der Waals surface area contributed by atoms with Gasteiger partial charge in [-0.3, -0.25) is 9.59 Å². The molecule has 1 aliphatic rings. The van der Waals surface area contributed by atoms with Crippen LogP contribution in [-0.4, -0.2) is 17.7 Å². The van der Waals surface area contributed by atoms with Crippen LogP contribution in [0.25, 0.3) is 0 Å². The van der Waals surface area contributed by atoms with Gasteiger partial charge in [-0.15, -0.1) is 0 Å². The van der Waals surface area contributed by atoms with Crippen LogP contribution in [0.4, 0.5) is 0 Å². The number of carbonyl (C=O) groups excluding carboxylic acids is 2. The Kier molecular flexibility index (Phi) is 8.03. The molecule has 4 nitrogen and oxygen atoms in total. The zero-order valence-electron chi connectivity index (χ0n) is 17.3. The van der Waals surface area contributed by atoms with Gasteiger partial charge in [0.05, 0.1) is 12.1 Å². The van der Waals surface area contributed by atoms with Crippen molar-refractivity contribution < 1.29 is 9.59 Å². The maximum atomic E-state index is 13.1.